The summed E-state index contributed by atoms with van der Waals surface area (Å²) in [6.07, 6.45) is 0. The van der Waals surface area contributed by atoms with Crippen molar-refractivity contribution in [1.29, 1.82) is 0 Å². The topological polar surface area (TPSA) is 95.2 Å². The number of hydrogen-bond acceptors (Lipinski definition) is 7. The van der Waals surface area contributed by atoms with Gasteiger partial charge >= 0.3 is 12.0 Å². The minimum absolute atomic E-state index is 0.0970. The highest BCUT2D eigenvalue weighted by atomic mass is 35.5. The zero-order chi connectivity index (χ0) is 13.7. The molecule has 0 radical (unpaired) electrons. The molecule has 1 aromatic carbocycles. The molecular weight excluding hydrogens is 270 g/mol. The predicted molar refractivity (Wildman–Crippen MR) is 70.0 cm³/mol. The van der Waals surface area contributed by atoms with Crippen LogP contribution >= 0.6 is 11.6 Å². The monoisotopic (exact) mass is 281 g/mol. The van der Waals surface area contributed by atoms with Crippen LogP contribution in [0.1, 0.15) is 5.56 Å². The Morgan fingerprint density at radius 2 is 1.95 bits per heavy atom. The lowest BCUT2D eigenvalue weighted by molar-refractivity contribution is 0.271. The Labute approximate surface area is 114 Å². The van der Waals surface area contributed by atoms with E-state index >= 15 is 0 Å². The molecule has 2 rings (SSSR count). The highest BCUT2D eigenvalue weighted by Crippen LogP contribution is 2.18. The second-order valence-corrected chi connectivity index (χ2v) is 3.86. The van der Waals surface area contributed by atoms with Crippen LogP contribution in [0.25, 0.3) is 0 Å². The van der Waals surface area contributed by atoms with Crippen LogP contribution in [-0.2, 0) is 6.61 Å². The number of benzene rings is 1. The van der Waals surface area contributed by atoms with Gasteiger partial charge in [-0.2, -0.15) is 9.97 Å². The Morgan fingerprint density at radius 1 is 1.21 bits per heavy atom. The smallest absolute Gasteiger partial charge is 0.324 e. The number of nitrogens with zero attached hydrogens (tertiary/aromatic N) is 3. The Bertz CT molecular complexity index is 544. The van der Waals surface area contributed by atoms with Gasteiger partial charge in [-0.3, -0.25) is 5.43 Å². The summed E-state index contributed by atoms with van der Waals surface area (Å²) in [4.78, 5) is 11.7. The summed E-state index contributed by atoms with van der Waals surface area (Å²) in [5.74, 6) is 5.39. The third-order valence-corrected chi connectivity index (χ3v) is 2.59. The molecule has 8 heteroatoms. The lowest BCUT2D eigenvalue weighted by Gasteiger charge is -2.08. The zero-order valence-electron chi connectivity index (χ0n) is 10.1. The van der Waals surface area contributed by atoms with E-state index in [-0.39, 0.29) is 24.6 Å². The van der Waals surface area contributed by atoms with Crippen molar-refractivity contribution < 1.29 is 9.47 Å². The highest BCUT2D eigenvalue weighted by molar-refractivity contribution is 6.31. The summed E-state index contributed by atoms with van der Waals surface area (Å²) in [7, 11) is 1.44. The second kappa shape index (κ2) is 6.17. The Morgan fingerprint density at radius 3 is 2.63 bits per heavy atom. The highest BCUT2D eigenvalue weighted by Gasteiger charge is 2.08. The van der Waals surface area contributed by atoms with Gasteiger partial charge in [-0.15, -0.1) is 4.98 Å². The van der Waals surface area contributed by atoms with E-state index in [1.165, 1.54) is 7.11 Å². The van der Waals surface area contributed by atoms with Crippen molar-refractivity contribution in [2.24, 2.45) is 5.84 Å². The van der Waals surface area contributed by atoms with Crippen molar-refractivity contribution >= 4 is 17.5 Å². The maximum Gasteiger partial charge on any atom is 0.324 e. The number of rotatable bonds is 5. The van der Waals surface area contributed by atoms with Crippen molar-refractivity contribution in [3.8, 4) is 12.0 Å². The van der Waals surface area contributed by atoms with Crippen LogP contribution in [0.15, 0.2) is 24.3 Å². The standard InChI is InChI=1S/C11H12ClN5O2/c1-18-10-14-9(17-13)15-11(16-10)19-6-7-4-2-3-5-8(7)12/h2-5H,6,13H2,1H3,(H,14,15,16,17). The maximum atomic E-state index is 6.02. The molecule has 1 aromatic heterocycles. The van der Waals surface area contributed by atoms with E-state index in [1.54, 1.807) is 6.07 Å². The van der Waals surface area contributed by atoms with Gasteiger partial charge in [0.1, 0.15) is 6.61 Å². The average molecular weight is 282 g/mol. The number of nitrogens with one attached hydrogen (secondary N) is 1. The van der Waals surface area contributed by atoms with Gasteiger partial charge in [0.2, 0.25) is 5.95 Å². The molecule has 19 heavy (non-hydrogen) atoms. The molecular formula is C11H12ClN5O2. The van der Waals surface area contributed by atoms with E-state index in [0.717, 1.165) is 5.56 Å². The van der Waals surface area contributed by atoms with Gasteiger partial charge in [-0.25, -0.2) is 5.84 Å². The van der Waals surface area contributed by atoms with Crippen molar-refractivity contribution in [3.63, 3.8) is 0 Å². The van der Waals surface area contributed by atoms with Crippen LogP contribution in [-0.4, -0.2) is 22.1 Å². The van der Waals surface area contributed by atoms with E-state index in [1.807, 2.05) is 18.2 Å². The van der Waals surface area contributed by atoms with E-state index in [4.69, 9.17) is 26.9 Å². The summed E-state index contributed by atoms with van der Waals surface area (Å²) in [5, 5.41) is 0.612. The lowest BCUT2D eigenvalue weighted by Crippen LogP contribution is -2.13. The molecule has 0 amide bonds. The quantitative estimate of drug-likeness (QED) is 0.632. The summed E-state index contributed by atoms with van der Waals surface area (Å²) in [5.41, 5.74) is 3.13. The molecule has 0 aliphatic rings. The number of halogens is 1. The van der Waals surface area contributed by atoms with E-state index < -0.39 is 0 Å². The molecule has 0 fully saturated rings. The molecule has 0 saturated heterocycles. The number of methoxy groups -OCH3 is 1. The molecule has 0 aliphatic carbocycles. The minimum atomic E-state index is 0.0970. The molecule has 100 valence electrons. The number of hydrogen-bond donors (Lipinski definition) is 2. The van der Waals surface area contributed by atoms with Crippen LogP contribution in [0.4, 0.5) is 5.95 Å². The summed E-state index contributed by atoms with van der Waals surface area (Å²) in [6.45, 7) is 0.233. The first-order chi connectivity index (χ1) is 9.22. The van der Waals surface area contributed by atoms with Crippen LogP contribution in [0.5, 0.6) is 12.0 Å². The first kappa shape index (κ1) is 13.3. The van der Waals surface area contributed by atoms with Gasteiger partial charge < -0.3 is 9.47 Å². The van der Waals surface area contributed by atoms with Gasteiger partial charge in [0.25, 0.3) is 0 Å². The van der Waals surface area contributed by atoms with Gasteiger partial charge in [-0.05, 0) is 6.07 Å². The normalized spacial score (nSPS) is 10.1. The first-order valence-electron chi connectivity index (χ1n) is 5.36. The number of ether oxygens (including phenoxy) is 2. The van der Waals surface area contributed by atoms with Gasteiger partial charge in [0.05, 0.1) is 7.11 Å². The third-order valence-electron chi connectivity index (χ3n) is 2.22. The molecule has 0 atom stereocenters. The molecule has 1 heterocycles. The van der Waals surface area contributed by atoms with E-state index in [9.17, 15) is 0 Å². The first-order valence-corrected chi connectivity index (χ1v) is 5.73. The minimum Gasteiger partial charge on any atom is -0.467 e. The van der Waals surface area contributed by atoms with Crippen LogP contribution in [0.3, 0.4) is 0 Å². The summed E-state index contributed by atoms with van der Waals surface area (Å²) >= 11 is 6.02. The number of nitrogen functional groups attached to an aromatic ring is 1. The molecule has 3 N–H and O–H groups in total. The fraction of sp³-hybridized carbons (Fsp3) is 0.182. The van der Waals surface area contributed by atoms with E-state index in [0.29, 0.717) is 5.02 Å². The Kier molecular flexibility index (Phi) is 4.32. The molecule has 0 aliphatic heterocycles. The third kappa shape index (κ3) is 3.43. The number of anilines is 1. The number of hydrazine groups is 1. The fourth-order valence-electron chi connectivity index (χ4n) is 1.32. The molecule has 0 bridgehead atoms. The van der Waals surface area contributed by atoms with Crippen LogP contribution < -0.4 is 20.7 Å². The molecule has 7 nitrogen and oxygen atoms in total. The predicted octanol–water partition coefficient (Wildman–Crippen LogP) is 1.40. The lowest BCUT2D eigenvalue weighted by atomic mass is 10.2. The zero-order valence-corrected chi connectivity index (χ0v) is 10.9. The molecule has 0 unspecified atom stereocenters. The van der Waals surface area contributed by atoms with Crippen LogP contribution in [0.2, 0.25) is 5.02 Å². The second-order valence-electron chi connectivity index (χ2n) is 3.45. The van der Waals surface area contributed by atoms with Crippen LogP contribution in [0, 0.1) is 0 Å². The fourth-order valence-corrected chi connectivity index (χ4v) is 1.51. The largest absolute Gasteiger partial charge is 0.467 e. The van der Waals surface area contributed by atoms with Gasteiger partial charge in [0, 0.05) is 10.6 Å². The van der Waals surface area contributed by atoms with Crippen molar-refractivity contribution in [1.82, 2.24) is 15.0 Å². The Hall–Kier alpha value is -2.12. The SMILES string of the molecule is COc1nc(NN)nc(OCc2ccccc2Cl)n1. The van der Waals surface area contributed by atoms with Crippen molar-refractivity contribution in [2.75, 3.05) is 12.5 Å². The summed E-state index contributed by atoms with van der Waals surface area (Å²) in [6, 6.07) is 7.54. The van der Waals surface area contributed by atoms with Gasteiger partial charge in [0.15, 0.2) is 0 Å². The Balaban J connectivity index is 2.13. The molecule has 0 saturated carbocycles. The van der Waals surface area contributed by atoms with E-state index in [2.05, 4.69) is 20.4 Å². The van der Waals surface area contributed by atoms with Crippen molar-refractivity contribution in [3.05, 3.63) is 34.9 Å². The maximum absolute atomic E-state index is 6.02. The summed E-state index contributed by atoms with van der Waals surface area (Å²) < 4.78 is 10.3. The van der Waals surface area contributed by atoms with Gasteiger partial charge in [-0.1, -0.05) is 29.8 Å². The molecule has 2 aromatic rings. The molecule has 0 spiro atoms. The number of aromatic nitrogens is 3. The van der Waals surface area contributed by atoms with Crippen molar-refractivity contribution in [2.45, 2.75) is 6.61 Å². The number of nitrogens with two attached hydrogens (primary N) is 1. The average Bonchev–Trinajstić information content (AvgIpc) is 2.46.